The number of ether oxygens (including phenoxy) is 2. The molecule has 0 spiro atoms. The molecule has 0 fully saturated rings. The molecule has 1 aliphatic rings. The summed E-state index contributed by atoms with van der Waals surface area (Å²) in [6.07, 6.45) is 0. The number of halogens is 4. The molecule has 9 nitrogen and oxygen atoms in total. The summed E-state index contributed by atoms with van der Waals surface area (Å²) in [6, 6.07) is 7.48. The second kappa shape index (κ2) is 9.29. The first-order valence-corrected chi connectivity index (χ1v) is 11.4. The van der Waals surface area contributed by atoms with Crippen LogP contribution < -0.4 is 15.3 Å². The van der Waals surface area contributed by atoms with Crippen molar-refractivity contribution in [3.63, 3.8) is 0 Å². The fourth-order valence-corrected chi connectivity index (χ4v) is 4.57. The first-order valence-electron chi connectivity index (χ1n) is 9.21. The predicted molar refractivity (Wildman–Crippen MR) is 119 cm³/mol. The van der Waals surface area contributed by atoms with E-state index in [0.29, 0.717) is 5.01 Å². The third-order valence-corrected chi connectivity index (χ3v) is 6.89. The summed E-state index contributed by atoms with van der Waals surface area (Å²) in [5, 5.41) is 9.34. The molecule has 1 unspecified atom stereocenters. The molecular weight excluding hydrogens is 519 g/mol. The van der Waals surface area contributed by atoms with Crippen molar-refractivity contribution < 1.29 is 36.6 Å². The number of benzene rings is 2. The van der Waals surface area contributed by atoms with Crippen molar-refractivity contribution in [3.8, 4) is 11.5 Å². The fourth-order valence-electron chi connectivity index (χ4n) is 2.83. The molecule has 1 aliphatic heterocycles. The zero-order valence-corrected chi connectivity index (χ0v) is 19.8. The summed E-state index contributed by atoms with van der Waals surface area (Å²) in [7, 11) is -3.36. The molecule has 0 aromatic heterocycles. The number of hydrazine groups is 1. The maximum Gasteiger partial charge on any atom is 0.357 e. The molecule has 0 radical (unpaired) electrons. The lowest BCUT2D eigenvalue weighted by molar-refractivity contribution is -0.140. The van der Waals surface area contributed by atoms with Crippen LogP contribution in [-0.2, 0) is 19.6 Å². The van der Waals surface area contributed by atoms with Gasteiger partial charge in [0.1, 0.15) is 32.3 Å². The summed E-state index contributed by atoms with van der Waals surface area (Å²) in [6.45, 7) is 0.935. The zero-order chi connectivity index (χ0) is 25.4. The first-order chi connectivity index (χ1) is 15.8. The quantitative estimate of drug-likeness (QED) is 0.290. The molecule has 1 atom stereocenters. The lowest BCUT2D eigenvalue weighted by Crippen LogP contribution is -2.52. The van der Waals surface area contributed by atoms with Crippen LogP contribution >= 0.6 is 23.2 Å². The molecule has 0 saturated carbocycles. The van der Waals surface area contributed by atoms with Crippen LogP contribution in [0.5, 0.6) is 11.5 Å². The molecule has 14 heteroatoms. The molecule has 0 amide bonds. The number of methoxy groups -OCH3 is 1. The Morgan fingerprint density at radius 1 is 1.21 bits per heavy atom. The molecule has 0 bridgehead atoms. The number of alkyl halides is 1. The van der Waals surface area contributed by atoms with Gasteiger partial charge in [-0.15, -0.1) is 0 Å². The van der Waals surface area contributed by atoms with E-state index < -0.39 is 59.8 Å². The van der Waals surface area contributed by atoms with Gasteiger partial charge in [0.2, 0.25) is 5.79 Å². The largest absolute Gasteiger partial charge is 0.507 e. The summed E-state index contributed by atoms with van der Waals surface area (Å²) in [4.78, 5) is 11.5. The average Bonchev–Trinajstić information content (AvgIpc) is 2.78. The van der Waals surface area contributed by atoms with Crippen LogP contribution in [0, 0.1) is 5.82 Å². The van der Waals surface area contributed by atoms with Gasteiger partial charge in [0, 0.05) is 11.8 Å². The third kappa shape index (κ3) is 4.75. The summed E-state index contributed by atoms with van der Waals surface area (Å²) >= 11 is 12.3. The number of aromatic hydroxyl groups is 1. The molecule has 1 heterocycles. The van der Waals surface area contributed by atoms with Crippen molar-refractivity contribution in [3.05, 3.63) is 69.8 Å². The lowest BCUT2D eigenvalue weighted by atomic mass is 10.1. The minimum atomic E-state index is -4.38. The Labute approximate surface area is 203 Å². The van der Waals surface area contributed by atoms with Crippen LogP contribution in [0.15, 0.2) is 68.9 Å². The molecule has 0 aliphatic carbocycles. The number of sulfonamides is 1. The molecule has 182 valence electrons. The molecule has 4 N–H and O–H groups in total. The Balaban J connectivity index is 2.03. The van der Waals surface area contributed by atoms with Crippen molar-refractivity contribution in [2.45, 2.75) is 17.6 Å². The Morgan fingerprint density at radius 2 is 1.82 bits per heavy atom. The van der Waals surface area contributed by atoms with Crippen LogP contribution in [-0.4, -0.2) is 37.4 Å². The number of nitrogens with two attached hydrogens (primary N) is 1. The van der Waals surface area contributed by atoms with Gasteiger partial charge in [0.05, 0.1) is 7.11 Å². The van der Waals surface area contributed by atoms with Gasteiger partial charge in [-0.2, -0.15) is 0 Å². The van der Waals surface area contributed by atoms with Gasteiger partial charge in [-0.25, -0.2) is 27.8 Å². The zero-order valence-electron chi connectivity index (χ0n) is 17.5. The molecule has 34 heavy (non-hydrogen) atoms. The van der Waals surface area contributed by atoms with Crippen molar-refractivity contribution in [1.82, 2.24) is 5.01 Å². The molecule has 2 aromatic carbocycles. The SMILES string of the molecule is COC(=O)C1=C(Cl)C(Oc2ccc(O)c(S(=O)(=O)Nc3ccc(F)cc3)c2)=C(Cl)C(C)(F)N1N. The van der Waals surface area contributed by atoms with Crippen LogP contribution in [0.2, 0.25) is 0 Å². The van der Waals surface area contributed by atoms with E-state index in [1.165, 1.54) is 12.1 Å². The highest BCUT2D eigenvalue weighted by Gasteiger charge is 2.46. The minimum Gasteiger partial charge on any atom is -0.507 e. The second-order valence-electron chi connectivity index (χ2n) is 6.96. The van der Waals surface area contributed by atoms with Crippen LogP contribution in [0.1, 0.15) is 6.92 Å². The van der Waals surface area contributed by atoms with Gasteiger partial charge in [0.25, 0.3) is 10.0 Å². The molecule has 2 aromatic rings. The standard InChI is InChI=1S/C20H17Cl2F2N3O6S/c1-20(24)18(22)17(15(21)16(27(20)25)19(29)32-2)33-12-7-8-13(28)14(9-12)34(30,31)26-11-5-3-10(23)4-6-11/h3-9,26,28H,25H2,1-2H3. The van der Waals surface area contributed by atoms with E-state index in [-0.39, 0.29) is 11.4 Å². The van der Waals surface area contributed by atoms with E-state index in [0.717, 1.165) is 44.4 Å². The van der Waals surface area contributed by atoms with Crippen LogP contribution in [0.3, 0.4) is 0 Å². The number of hydrogen-bond donors (Lipinski definition) is 3. The number of rotatable bonds is 6. The number of allylic oxidation sites excluding steroid dienone is 1. The maximum absolute atomic E-state index is 15.2. The third-order valence-electron chi connectivity index (χ3n) is 4.62. The number of nitrogens with zero attached hydrogens (tertiary/aromatic N) is 1. The lowest BCUT2D eigenvalue weighted by Gasteiger charge is -2.37. The molecular formula is C20H17Cl2F2N3O6S. The Hall–Kier alpha value is -3.06. The van der Waals surface area contributed by atoms with Gasteiger partial charge in [0.15, 0.2) is 11.5 Å². The highest BCUT2D eigenvalue weighted by atomic mass is 35.5. The van der Waals surface area contributed by atoms with Crippen molar-refractivity contribution in [1.29, 1.82) is 0 Å². The van der Waals surface area contributed by atoms with E-state index in [9.17, 15) is 22.7 Å². The van der Waals surface area contributed by atoms with Crippen LogP contribution in [0.25, 0.3) is 0 Å². The number of anilines is 1. The number of phenols is 1. The second-order valence-corrected chi connectivity index (χ2v) is 9.37. The number of carbonyl (C=O) groups is 1. The first kappa shape index (κ1) is 25.6. The van der Waals surface area contributed by atoms with Gasteiger partial charge in [-0.1, -0.05) is 23.2 Å². The van der Waals surface area contributed by atoms with E-state index in [2.05, 4.69) is 9.46 Å². The Bertz CT molecular complexity index is 1310. The van der Waals surface area contributed by atoms with Crippen molar-refractivity contribution in [2.24, 2.45) is 5.84 Å². The highest BCUT2D eigenvalue weighted by Crippen LogP contribution is 2.43. The topological polar surface area (TPSA) is 131 Å². The molecule has 0 saturated heterocycles. The van der Waals surface area contributed by atoms with E-state index in [1.807, 2.05) is 0 Å². The number of hydrogen-bond acceptors (Lipinski definition) is 8. The highest BCUT2D eigenvalue weighted by molar-refractivity contribution is 7.92. The van der Waals surface area contributed by atoms with Gasteiger partial charge >= 0.3 is 5.97 Å². The summed E-state index contributed by atoms with van der Waals surface area (Å²) in [5.74, 6) is -0.0760. The smallest absolute Gasteiger partial charge is 0.357 e. The number of phenolic OH excluding ortho intramolecular Hbond substituents is 1. The summed E-state index contributed by atoms with van der Waals surface area (Å²) in [5.41, 5.74) is -0.576. The number of esters is 1. The van der Waals surface area contributed by atoms with Crippen molar-refractivity contribution in [2.75, 3.05) is 11.8 Å². The Morgan fingerprint density at radius 3 is 2.41 bits per heavy atom. The average molecular weight is 536 g/mol. The molecule has 3 rings (SSSR count). The Kier molecular flexibility index (Phi) is 6.99. The van der Waals surface area contributed by atoms with Crippen LogP contribution in [0.4, 0.5) is 14.5 Å². The predicted octanol–water partition coefficient (Wildman–Crippen LogP) is 3.66. The monoisotopic (exact) mass is 535 g/mol. The van der Waals surface area contributed by atoms with Gasteiger partial charge < -0.3 is 14.6 Å². The van der Waals surface area contributed by atoms with E-state index in [4.69, 9.17) is 33.8 Å². The van der Waals surface area contributed by atoms with Gasteiger partial charge in [-0.05, 0) is 43.3 Å². The van der Waals surface area contributed by atoms with E-state index in [1.54, 1.807) is 0 Å². The number of carbonyl (C=O) groups excluding carboxylic acids is 1. The van der Waals surface area contributed by atoms with Crippen molar-refractivity contribution >= 4 is 44.9 Å². The normalized spacial score (nSPS) is 18.7. The summed E-state index contributed by atoms with van der Waals surface area (Å²) < 4.78 is 66.1. The number of nitrogens with one attached hydrogen (secondary N) is 1. The van der Waals surface area contributed by atoms with Gasteiger partial charge in [-0.3, -0.25) is 9.73 Å². The fraction of sp³-hybridized carbons (Fsp3) is 0.150. The minimum absolute atomic E-state index is 0.0232. The van der Waals surface area contributed by atoms with E-state index >= 15 is 4.39 Å². The maximum atomic E-state index is 15.2.